The molecule has 3 nitrogen and oxygen atoms in total. The molecule has 4 aromatic rings. The highest BCUT2D eigenvalue weighted by Gasteiger charge is 2.18. The molecule has 0 radical (unpaired) electrons. The second-order valence-corrected chi connectivity index (χ2v) is 10.4. The number of benzene rings is 4. The lowest BCUT2D eigenvalue weighted by Crippen LogP contribution is -2.24. The summed E-state index contributed by atoms with van der Waals surface area (Å²) in [7, 11) is 0. The monoisotopic (exact) mass is 513 g/mol. The second-order valence-electron chi connectivity index (χ2n) is 10.4. The highest BCUT2D eigenvalue weighted by atomic mass is 19.1. The first kappa shape index (κ1) is 27.5. The van der Waals surface area contributed by atoms with Crippen molar-refractivity contribution >= 4 is 16.7 Å². The van der Waals surface area contributed by atoms with Crippen molar-refractivity contribution in [2.24, 2.45) is 0 Å². The van der Waals surface area contributed by atoms with Gasteiger partial charge in [-0.05, 0) is 103 Å². The van der Waals surface area contributed by atoms with Crippen molar-refractivity contribution in [1.82, 2.24) is 5.32 Å². The third-order valence-corrected chi connectivity index (χ3v) is 7.01. The van der Waals surface area contributed by atoms with Gasteiger partial charge in [0.2, 0.25) is 0 Å². The molecule has 1 N–H and O–H groups in total. The third kappa shape index (κ3) is 6.68. The average Bonchev–Trinajstić information content (AvgIpc) is 2.90. The maximum Gasteiger partial charge on any atom is 0.306 e. The number of nitrogens with one attached hydrogen (secondary N) is 1. The summed E-state index contributed by atoms with van der Waals surface area (Å²) in [6.45, 7) is 10.2. The molecule has 4 aromatic carbocycles. The van der Waals surface area contributed by atoms with Gasteiger partial charge >= 0.3 is 5.97 Å². The van der Waals surface area contributed by atoms with Gasteiger partial charge in [0, 0.05) is 19.9 Å². The van der Waals surface area contributed by atoms with Gasteiger partial charge in [-0.15, -0.1) is 0 Å². The molecule has 0 aliphatic heterocycles. The SMILES string of the molecule is CCC(N[C@H](C)c1cccc(C)c1)c1cc(-c2ccc(F)c(CCC(=O)OC(C)C)c2)c2ccccc2c1.[HH]. The van der Waals surface area contributed by atoms with Crippen molar-refractivity contribution in [2.45, 2.75) is 72.1 Å². The molecule has 2 atom stereocenters. The van der Waals surface area contributed by atoms with Gasteiger partial charge in [0.15, 0.2) is 0 Å². The average molecular weight is 514 g/mol. The van der Waals surface area contributed by atoms with E-state index in [1.165, 1.54) is 22.8 Å². The first-order valence-corrected chi connectivity index (χ1v) is 13.6. The number of rotatable bonds is 10. The maximum atomic E-state index is 14.7. The van der Waals surface area contributed by atoms with Gasteiger partial charge in [-0.2, -0.15) is 0 Å². The second kappa shape index (κ2) is 12.4. The van der Waals surface area contributed by atoms with Gasteiger partial charge in [0.05, 0.1) is 6.10 Å². The molecule has 0 heterocycles. The molecule has 4 rings (SSSR count). The first-order valence-electron chi connectivity index (χ1n) is 13.6. The van der Waals surface area contributed by atoms with Crippen molar-refractivity contribution in [3.8, 4) is 11.1 Å². The highest BCUT2D eigenvalue weighted by Crippen LogP contribution is 2.35. The van der Waals surface area contributed by atoms with Gasteiger partial charge < -0.3 is 10.1 Å². The van der Waals surface area contributed by atoms with E-state index >= 15 is 0 Å². The lowest BCUT2D eigenvalue weighted by Gasteiger charge is -2.25. The van der Waals surface area contributed by atoms with Gasteiger partial charge in [0.1, 0.15) is 5.82 Å². The topological polar surface area (TPSA) is 38.3 Å². The van der Waals surface area contributed by atoms with Crippen LogP contribution in [0.1, 0.15) is 76.3 Å². The molecule has 0 fully saturated rings. The number of hydrogen-bond donors (Lipinski definition) is 1. The Balaban J connectivity index is 0.00000420. The van der Waals surface area contributed by atoms with E-state index in [2.05, 4.69) is 80.7 Å². The predicted octanol–water partition coefficient (Wildman–Crippen LogP) is 8.89. The van der Waals surface area contributed by atoms with Crippen LogP contribution in [0.15, 0.2) is 78.9 Å². The minimum Gasteiger partial charge on any atom is -0.463 e. The van der Waals surface area contributed by atoms with E-state index < -0.39 is 0 Å². The summed E-state index contributed by atoms with van der Waals surface area (Å²) in [4.78, 5) is 12.1. The van der Waals surface area contributed by atoms with Crippen LogP contribution < -0.4 is 5.32 Å². The van der Waals surface area contributed by atoms with Gasteiger partial charge in [0.25, 0.3) is 0 Å². The Labute approximate surface area is 227 Å². The van der Waals surface area contributed by atoms with Crippen LogP contribution in [0.5, 0.6) is 0 Å². The number of carbonyl (C=O) groups is 1. The van der Waals surface area contributed by atoms with Gasteiger partial charge in [-0.25, -0.2) is 4.39 Å². The van der Waals surface area contributed by atoms with Crippen molar-refractivity contribution in [3.05, 3.63) is 107 Å². The molecule has 38 heavy (non-hydrogen) atoms. The van der Waals surface area contributed by atoms with Crippen molar-refractivity contribution < 1.29 is 15.3 Å². The normalized spacial score (nSPS) is 13.0. The van der Waals surface area contributed by atoms with Crippen molar-refractivity contribution in [3.63, 3.8) is 0 Å². The maximum absolute atomic E-state index is 14.7. The van der Waals surface area contributed by atoms with Crippen molar-refractivity contribution in [1.29, 1.82) is 0 Å². The standard InChI is InChI=1S/C34H38FNO2.H2/c1-6-33(36-24(5)25-12-9-10-23(4)18-25)29-20-26-11-7-8-13-30(26)31(21-29)27-14-16-32(35)28(19-27)15-17-34(37)38-22(2)3;/h7-14,16,18-22,24,33,36H,6,15,17H2,1-5H3;1H/t24-,33?;/m1./s1. The van der Waals surface area contributed by atoms with Crippen LogP contribution >= 0.6 is 0 Å². The molecule has 200 valence electrons. The Kier molecular flexibility index (Phi) is 8.96. The number of carbonyl (C=O) groups excluding carboxylic acids is 1. The van der Waals surface area contributed by atoms with E-state index in [9.17, 15) is 9.18 Å². The summed E-state index contributed by atoms with van der Waals surface area (Å²) in [5, 5.41) is 6.10. The van der Waals surface area contributed by atoms with E-state index in [-0.39, 0.29) is 37.8 Å². The van der Waals surface area contributed by atoms with Crippen LogP contribution in [0.2, 0.25) is 0 Å². The summed E-state index contributed by atoms with van der Waals surface area (Å²) < 4.78 is 20.0. The fraction of sp³-hybridized carbons (Fsp3) is 0.324. The molecule has 0 spiro atoms. The summed E-state index contributed by atoms with van der Waals surface area (Å²) in [6.07, 6.45) is 1.20. The van der Waals surface area contributed by atoms with Crippen LogP contribution in [-0.4, -0.2) is 12.1 Å². The Bertz CT molecular complexity index is 1420. The molecular weight excluding hydrogens is 473 g/mol. The van der Waals surface area contributed by atoms with Gasteiger partial charge in [-0.3, -0.25) is 4.79 Å². The van der Waals surface area contributed by atoms with E-state index in [0.29, 0.717) is 12.0 Å². The zero-order valence-corrected chi connectivity index (χ0v) is 23.1. The van der Waals surface area contributed by atoms with Crippen LogP contribution in [0.3, 0.4) is 0 Å². The van der Waals surface area contributed by atoms with Gasteiger partial charge in [-0.1, -0.05) is 67.1 Å². The van der Waals surface area contributed by atoms with E-state index in [1.807, 2.05) is 32.0 Å². The smallest absolute Gasteiger partial charge is 0.306 e. The molecule has 0 aliphatic rings. The Hall–Kier alpha value is -3.50. The predicted molar refractivity (Wildman–Crippen MR) is 157 cm³/mol. The lowest BCUT2D eigenvalue weighted by atomic mass is 9.91. The minimum absolute atomic E-state index is 0. The number of fused-ring (bicyclic) bond motifs is 1. The first-order chi connectivity index (χ1) is 18.2. The Morgan fingerprint density at radius 1 is 0.947 bits per heavy atom. The molecule has 0 aromatic heterocycles. The zero-order chi connectivity index (χ0) is 27.2. The molecule has 0 aliphatic carbocycles. The summed E-state index contributed by atoms with van der Waals surface area (Å²) in [6, 6.07) is 27.0. The fourth-order valence-electron chi connectivity index (χ4n) is 5.05. The molecule has 0 saturated heterocycles. The quantitative estimate of drug-likeness (QED) is 0.215. The minimum atomic E-state index is -0.308. The number of hydrogen-bond acceptors (Lipinski definition) is 3. The van der Waals surface area contributed by atoms with E-state index in [4.69, 9.17) is 4.74 Å². The molecule has 4 heteroatoms. The number of esters is 1. The lowest BCUT2D eigenvalue weighted by molar-refractivity contribution is -0.147. The number of halogens is 1. The third-order valence-electron chi connectivity index (χ3n) is 7.01. The van der Waals surface area contributed by atoms with Crippen LogP contribution in [0, 0.1) is 12.7 Å². The van der Waals surface area contributed by atoms with Crippen LogP contribution in [-0.2, 0) is 16.0 Å². The largest absolute Gasteiger partial charge is 0.463 e. The molecule has 0 saturated carbocycles. The number of ether oxygens (including phenoxy) is 1. The van der Waals surface area contributed by atoms with E-state index in [0.717, 1.165) is 28.3 Å². The molecule has 0 bridgehead atoms. The molecular formula is C34H40FNO2. The summed E-state index contributed by atoms with van der Waals surface area (Å²) >= 11 is 0. The van der Waals surface area contributed by atoms with Crippen LogP contribution in [0.25, 0.3) is 21.9 Å². The summed E-state index contributed by atoms with van der Waals surface area (Å²) in [5.74, 6) is -0.608. The zero-order valence-electron chi connectivity index (χ0n) is 23.1. The van der Waals surface area contributed by atoms with E-state index in [1.54, 1.807) is 0 Å². The van der Waals surface area contributed by atoms with Crippen LogP contribution in [0.4, 0.5) is 4.39 Å². The van der Waals surface area contributed by atoms with Crippen molar-refractivity contribution in [2.75, 3.05) is 0 Å². The summed E-state index contributed by atoms with van der Waals surface area (Å²) in [5.41, 5.74) is 6.25. The fourth-order valence-corrected chi connectivity index (χ4v) is 5.05. The number of aryl methyl sites for hydroxylation is 2. The molecule has 1 unspecified atom stereocenters. The molecule has 0 amide bonds. The Morgan fingerprint density at radius 2 is 1.74 bits per heavy atom. The Morgan fingerprint density at radius 3 is 2.47 bits per heavy atom. The highest BCUT2D eigenvalue weighted by molar-refractivity contribution is 5.97.